The summed E-state index contributed by atoms with van der Waals surface area (Å²) in [6, 6.07) is 8.34. The molecule has 0 fully saturated rings. The van der Waals surface area contributed by atoms with Gasteiger partial charge in [0.1, 0.15) is 5.76 Å². The quantitative estimate of drug-likeness (QED) is 0.744. The van der Waals surface area contributed by atoms with Crippen LogP contribution in [-0.4, -0.2) is 9.97 Å². The molecule has 0 amide bonds. The average molecular weight is 226 g/mol. The lowest BCUT2D eigenvalue weighted by molar-refractivity contribution is 0.470. The van der Waals surface area contributed by atoms with Gasteiger partial charge in [0.05, 0.1) is 6.20 Å². The number of nitrogens with one attached hydrogen (secondary N) is 1. The fourth-order valence-electron chi connectivity index (χ4n) is 2.10. The first-order chi connectivity index (χ1) is 8.33. The number of hydrogen-bond donors (Lipinski definition) is 1. The number of oxazole rings is 1. The Morgan fingerprint density at radius 1 is 1.24 bits per heavy atom. The van der Waals surface area contributed by atoms with E-state index in [0.717, 1.165) is 24.5 Å². The molecule has 0 aliphatic heterocycles. The molecule has 86 valence electrons. The molecule has 1 aromatic carbocycles. The van der Waals surface area contributed by atoms with Gasteiger partial charge in [-0.3, -0.25) is 0 Å². The van der Waals surface area contributed by atoms with Crippen LogP contribution in [0, 0.1) is 6.92 Å². The van der Waals surface area contributed by atoms with Crippen molar-refractivity contribution in [3.63, 3.8) is 0 Å². The number of H-pyrrole nitrogens is 1. The van der Waals surface area contributed by atoms with Gasteiger partial charge in [-0.05, 0) is 25.0 Å². The Morgan fingerprint density at radius 3 is 2.94 bits per heavy atom. The molecule has 3 aromatic rings. The summed E-state index contributed by atoms with van der Waals surface area (Å²) in [6.07, 6.45) is 5.63. The molecule has 3 nitrogen and oxygen atoms in total. The Hall–Kier alpha value is -2.03. The highest BCUT2D eigenvalue weighted by molar-refractivity contribution is 5.83. The van der Waals surface area contributed by atoms with Gasteiger partial charge in [-0.15, -0.1) is 0 Å². The van der Waals surface area contributed by atoms with Gasteiger partial charge >= 0.3 is 0 Å². The number of aryl methyl sites for hydroxylation is 3. The minimum Gasteiger partial charge on any atom is -0.446 e. The molecule has 0 atom stereocenters. The largest absolute Gasteiger partial charge is 0.446 e. The third-order valence-corrected chi connectivity index (χ3v) is 2.95. The molecule has 3 rings (SSSR count). The van der Waals surface area contributed by atoms with Gasteiger partial charge in [-0.2, -0.15) is 0 Å². The van der Waals surface area contributed by atoms with Gasteiger partial charge in [0.25, 0.3) is 0 Å². The van der Waals surface area contributed by atoms with E-state index < -0.39 is 0 Å². The fourth-order valence-corrected chi connectivity index (χ4v) is 2.10. The van der Waals surface area contributed by atoms with Crippen molar-refractivity contribution in [1.82, 2.24) is 9.97 Å². The first-order valence-corrected chi connectivity index (χ1v) is 5.79. The van der Waals surface area contributed by atoms with E-state index >= 15 is 0 Å². The lowest BCUT2D eigenvalue weighted by Crippen LogP contribution is -1.90. The maximum absolute atomic E-state index is 5.47. The van der Waals surface area contributed by atoms with Crippen LogP contribution in [0.4, 0.5) is 0 Å². The second kappa shape index (κ2) is 4.09. The van der Waals surface area contributed by atoms with Crippen molar-refractivity contribution in [3.8, 4) is 0 Å². The molecule has 1 N–H and O–H groups in total. The highest BCUT2D eigenvalue weighted by Gasteiger charge is 2.05. The Morgan fingerprint density at radius 2 is 2.12 bits per heavy atom. The monoisotopic (exact) mass is 226 g/mol. The SMILES string of the molecule is Cc1cnc(CCc2c[nH]c3ccccc23)o1. The van der Waals surface area contributed by atoms with Crippen LogP contribution in [0.1, 0.15) is 17.2 Å². The third-order valence-electron chi connectivity index (χ3n) is 2.95. The summed E-state index contributed by atoms with van der Waals surface area (Å²) in [5.74, 6) is 1.69. The van der Waals surface area contributed by atoms with E-state index in [9.17, 15) is 0 Å². The standard InChI is InChI=1S/C14H14N2O/c1-10-8-16-14(17-10)7-6-11-9-15-13-5-3-2-4-12(11)13/h2-5,8-9,15H,6-7H2,1H3. The molecule has 0 aliphatic carbocycles. The second-order valence-electron chi connectivity index (χ2n) is 4.22. The van der Waals surface area contributed by atoms with E-state index in [-0.39, 0.29) is 0 Å². The van der Waals surface area contributed by atoms with Crippen molar-refractivity contribution in [2.45, 2.75) is 19.8 Å². The molecule has 0 aliphatic rings. The number of aromatic nitrogens is 2. The molecule has 0 bridgehead atoms. The van der Waals surface area contributed by atoms with E-state index in [0.29, 0.717) is 0 Å². The molecule has 3 heteroatoms. The number of benzene rings is 1. The van der Waals surface area contributed by atoms with Crippen LogP contribution in [0.2, 0.25) is 0 Å². The molecular formula is C14H14N2O. The lowest BCUT2D eigenvalue weighted by Gasteiger charge is -1.96. The van der Waals surface area contributed by atoms with Crippen LogP contribution in [0.15, 0.2) is 41.1 Å². The number of para-hydroxylation sites is 1. The van der Waals surface area contributed by atoms with Crippen molar-refractivity contribution >= 4 is 10.9 Å². The highest BCUT2D eigenvalue weighted by atomic mass is 16.3. The normalized spacial score (nSPS) is 11.1. The molecule has 0 saturated heterocycles. The van der Waals surface area contributed by atoms with E-state index in [2.05, 4.69) is 34.4 Å². The Balaban J connectivity index is 1.81. The third kappa shape index (κ3) is 1.96. The number of rotatable bonds is 3. The second-order valence-corrected chi connectivity index (χ2v) is 4.22. The number of aromatic amines is 1. The average Bonchev–Trinajstić information content (AvgIpc) is 2.93. The molecule has 2 aromatic heterocycles. The maximum Gasteiger partial charge on any atom is 0.194 e. The summed E-state index contributed by atoms with van der Waals surface area (Å²) in [4.78, 5) is 7.50. The van der Waals surface area contributed by atoms with Gasteiger partial charge in [0.15, 0.2) is 5.89 Å². The van der Waals surface area contributed by atoms with Gasteiger partial charge in [0.2, 0.25) is 0 Å². The van der Waals surface area contributed by atoms with Crippen LogP contribution in [0.5, 0.6) is 0 Å². The molecule has 0 radical (unpaired) electrons. The van der Waals surface area contributed by atoms with Crippen molar-refractivity contribution in [2.75, 3.05) is 0 Å². The minimum atomic E-state index is 0.813. The maximum atomic E-state index is 5.47. The lowest BCUT2D eigenvalue weighted by atomic mass is 10.1. The first-order valence-electron chi connectivity index (χ1n) is 5.79. The number of hydrogen-bond acceptors (Lipinski definition) is 2. The zero-order valence-corrected chi connectivity index (χ0v) is 9.73. The van der Waals surface area contributed by atoms with Crippen LogP contribution < -0.4 is 0 Å². The van der Waals surface area contributed by atoms with Gasteiger partial charge in [-0.25, -0.2) is 4.98 Å². The topological polar surface area (TPSA) is 41.8 Å². The van der Waals surface area contributed by atoms with E-state index in [4.69, 9.17) is 4.42 Å². The molecule has 0 unspecified atom stereocenters. The van der Waals surface area contributed by atoms with Crippen molar-refractivity contribution in [1.29, 1.82) is 0 Å². The van der Waals surface area contributed by atoms with Crippen molar-refractivity contribution in [3.05, 3.63) is 53.9 Å². The Kier molecular flexibility index (Phi) is 2.44. The minimum absolute atomic E-state index is 0.813. The molecule has 17 heavy (non-hydrogen) atoms. The number of nitrogens with zero attached hydrogens (tertiary/aromatic N) is 1. The Labute approximate surface area is 99.5 Å². The van der Waals surface area contributed by atoms with Gasteiger partial charge < -0.3 is 9.40 Å². The van der Waals surface area contributed by atoms with E-state index in [1.165, 1.54) is 16.5 Å². The summed E-state index contributed by atoms with van der Waals surface area (Å²) < 4.78 is 5.47. The van der Waals surface area contributed by atoms with E-state index in [1.807, 2.05) is 13.0 Å². The predicted octanol–water partition coefficient (Wildman–Crippen LogP) is 3.25. The zero-order chi connectivity index (χ0) is 11.7. The van der Waals surface area contributed by atoms with Crippen LogP contribution in [0.3, 0.4) is 0 Å². The van der Waals surface area contributed by atoms with Crippen LogP contribution in [-0.2, 0) is 12.8 Å². The van der Waals surface area contributed by atoms with Crippen LogP contribution >= 0.6 is 0 Å². The number of fused-ring (bicyclic) bond motifs is 1. The smallest absolute Gasteiger partial charge is 0.194 e. The van der Waals surface area contributed by atoms with Gasteiger partial charge in [0, 0.05) is 23.5 Å². The highest BCUT2D eigenvalue weighted by Crippen LogP contribution is 2.19. The molecule has 0 saturated carbocycles. The van der Waals surface area contributed by atoms with Crippen molar-refractivity contribution < 1.29 is 4.42 Å². The summed E-state index contributed by atoms with van der Waals surface area (Å²) in [6.45, 7) is 1.92. The predicted molar refractivity (Wildman–Crippen MR) is 66.9 cm³/mol. The molecule has 0 spiro atoms. The van der Waals surface area contributed by atoms with Crippen molar-refractivity contribution in [2.24, 2.45) is 0 Å². The summed E-state index contributed by atoms with van der Waals surface area (Å²) in [5, 5.41) is 1.29. The first kappa shape index (κ1) is 10.1. The summed E-state index contributed by atoms with van der Waals surface area (Å²) in [7, 11) is 0. The van der Waals surface area contributed by atoms with Crippen LogP contribution in [0.25, 0.3) is 10.9 Å². The summed E-state index contributed by atoms with van der Waals surface area (Å²) >= 11 is 0. The zero-order valence-electron chi connectivity index (χ0n) is 9.73. The fraction of sp³-hybridized carbons (Fsp3) is 0.214. The Bertz CT molecular complexity index is 636. The molecule has 2 heterocycles. The van der Waals surface area contributed by atoms with E-state index in [1.54, 1.807) is 6.20 Å². The molecular weight excluding hydrogens is 212 g/mol. The summed E-state index contributed by atoms with van der Waals surface area (Å²) in [5.41, 5.74) is 2.50. The van der Waals surface area contributed by atoms with Gasteiger partial charge in [-0.1, -0.05) is 18.2 Å².